The molecule has 21 heavy (non-hydrogen) atoms. The van der Waals surface area contributed by atoms with E-state index < -0.39 is 18.3 Å². The summed E-state index contributed by atoms with van der Waals surface area (Å²) in [5, 5.41) is 9.04. The quantitative estimate of drug-likeness (QED) is 0.864. The Morgan fingerprint density at radius 3 is 2.38 bits per heavy atom. The molecule has 0 fully saturated rings. The maximum atomic E-state index is 13.0. The van der Waals surface area contributed by atoms with E-state index >= 15 is 0 Å². The van der Waals surface area contributed by atoms with Gasteiger partial charge >= 0.3 is 6.18 Å². The number of hydrogen-bond acceptors (Lipinski definition) is 2. The van der Waals surface area contributed by atoms with Crippen LogP contribution in [0.15, 0.2) is 46.2 Å². The molecule has 112 valence electrons. The van der Waals surface area contributed by atoms with Crippen LogP contribution in [-0.2, 0) is 12.8 Å². The molecule has 0 aromatic heterocycles. The maximum absolute atomic E-state index is 13.0. The minimum Gasteiger partial charge on any atom is -0.392 e. The van der Waals surface area contributed by atoms with Gasteiger partial charge in [0.15, 0.2) is 0 Å². The summed E-state index contributed by atoms with van der Waals surface area (Å²) in [5.41, 5.74) is 1.20. The van der Waals surface area contributed by atoms with Gasteiger partial charge in [0.25, 0.3) is 0 Å². The van der Waals surface area contributed by atoms with Crippen LogP contribution in [0.2, 0.25) is 0 Å². The van der Waals surface area contributed by atoms with Crippen molar-refractivity contribution in [2.45, 2.75) is 36.4 Å². The van der Waals surface area contributed by atoms with Gasteiger partial charge in [-0.05, 0) is 48.7 Å². The predicted octanol–water partition coefficient (Wildman–Crippen LogP) is 4.97. The summed E-state index contributed by atoms with van der Waals surface area (Å²) in [7, 11) is 0. The smallest absolute Gasteiger partial charge is 0.392 e. The van der Waals surface area contributed by atoms with E-state index in [-0.39, 0.29) is 5.56 Å². The number of aliphatic hydroxyl groups excluding tert-OH is 1. The van der Waals surface area contributed by atoms with Crippen LogP contribution >= 0.6 is 11.8 Å². The van der Waals surface area contributed by atoms with Crippen molar-refractivity contribution in [3.63, 3.8) is 0 Å². The van der Waals surface area contributed by atoms with E-state index in [1.165, 1.54) is 17.8 Å². The van der Waals surface area contributed by atoms with Crippen LogP contribution in [0.5, 0.6) is 0 Å². The molecule has 0 atom stereocenters. The molecule has 0 spiro atoms. The summed E-state index contributed by atoms with van der Waals surface area (Å²) in [5.74, 6) is 0. The SMILES string of the molecule is Cc1ccc(C)c(Sc2ccc(CO)c(C(F)(F)F)c2)c1. The van der Waals surface area contributed by atoms with E-state index in [4.69, 9.17) is 5.11 Å². The lowest BCUT2D eigenvalue weighted by Crippen LogP contribution is -2.09. The molecular weight excluding hydrogens is 297 g/mol. The lowest BCUT2D eigenvalue weighted by molar-refractivity contribution is -0.138. The fraction of sp³-hybridized carbons (Fsp3) is 0.250. The van der Waals surface area contributed by atoms with Crippen molar-refractivity contribution in [1.29, 1.82) is 0 Å². The van der Waals surface area contributed by atoms with E-state index in [1.807, 2.05) is 32.0 Å². The van der Waals surface area contributed by atoms with Crippen LogP contribution in [0.3, 0.4) is 0 Å². The topological polar surface area (TPSA) is 20.2 Å². The molecule has 0 saturated carbocycles. The van der Waals surface area contributed by atoms with Gasteiger partial charge < -0.3 is 5.11 Å². The molecule has 5 heteroatoms. The van der Waals surface area contributed by atoms with Crippen molar-refractivity contribution < 1.29 is 18.3 Å². The third-order valence-corrected chi connectivity index (χ3v) is 4.28. The first-order valence-corrected chi connectivity index (χ1v) is 7.19. The maximum Gasteiger partial charge on any atom is 0.416 e. The van der Waals surface area contributed by atoms with E-state index in [1.54, 1.807) is 6.07 Å². The van der Waals surface area contributed by atoms with Gasteiger partial charge in [-0.3, -0.25) is 0 Å². The van der Waals surface area contributed by atoms with Crippen LogP contribution in [0.1, 0.15) is 22.3 Å². The molecule has 2 aromatic carbocycles. The molecule has 0 bridgehead atoms. The normalized spacial score (nSPS) is 11.7. The summed E-state index contributed by atoms with van der Waals surface area (Å²) in [6, 6.07) is 9.90. The second-order valence-corrected chi connectivity index (χ2v) is 5.96. The van der Waals surface area contributed by atoms with Crippen molar-refractivity contribution in [3.8, 4) is 0 Å². The van der Waals surface area contributed by atoms with Gasteiger partial charge in [-0.15, -0.1) is 0 Å². The average molecular weight is 312 g/mol. The minimum absolute atomic E-state index is 0.104. The molecule has 0 unspecified atom stereocenters. The minimum atomic E-state index is -4.46. The Morgan fingerprint density at radius 2 is 1.76 bits per heavy atom. The Labute approximate surface area is 125 Å². The molecule has 2 rings (SSSR count). The van der Waals surface area contributed by atoms with Gasteiger partial charge in [0.05, 0.1) is 12.2 Å². The third kappa shape index (κ3) is 3.80. The Hall–Kier alpha value is -1.46. The Balaban J connectivity index is 2.39. The highest BCUT2D eigenvalue weighted by atomic mass is 32.2. The predicted molar refractivity (Wildman–Crippen MR) is 77.4 cm³/mol. The van der Waals surface area contributed by atoms with Crippen molar-refractivity contribution in [2.75, 3.05) is 0 Å². The molecule has 2 aromatic rings. The van der Waals surface area contributed by atoms with Crippen molar-refractivity contribution in [1.82, 2.24) is 0 Å². The highest BCUT2D eigenvalue weighted by Gasteiger charge is 2.33. The van der Waals surface area contributed by atoms with Gasteiger partial charge in [-0.25, -0.2) is 0 Å². The number of aryl methyl sites for hydroxylation is 2. The third-order valence-electron chi connectivity index (χ3n) is 3.13. The Morgan fingerprint density at radius 1 is 1.05 bits per heavy atom. The standard InChI is InChI=1S/C16H15F3OS/c1-10-3-4-11(2)15(7-10)21-13-6-5-12(9-20)14(8-13)16(17,18)19/h3-8,20H,9H2,1-2H3. The van der Waals surface area contributed by atoms with Gasteiger partial charge in [-0.1, -0.05) is 30.0 Å². The first kappa shape index (κ1) is 15.9. The zero-order chi connectivity index (χ0) is 15.6. The van der Waals surface area contributed by atoms with Gasteiger partial charge in [0.1, 0.15) is 0 Å². The van der Waals surface area contributed by atoms with Crippen molar-refractivity contribution in [3.05, 3.63) is 58.7 Å². The molecular formula is C16H15F3OS. The van der Waals surface area contributed by atoms with Crippen molar-refractivity contribution >= 4 is 11.8 Å². The van der Waals surface area contributed by atoms with E-state index in [0.717, 1.165) is 22.1 Å². The van der Waals surface area contributed by atoms with Gasteiger partial charge in [-0.2, -0.15) is 13.2 Å². The summed E-state index contributed by atoms with van der Waals surface area (Å²) in [4.78, 5) is 1.44. The molecule has 0 aliphatic carbocycles. The molecule has 0 aliphatic heterocycles. The summed E-state index contributed by atoms with van der Waals surface area (Å²) in [6.07, 6.45) is -4.46. The lowest BCUT2D eigenvalue weighted by atomic mass is 10.1. The zero-order valence-electron chi connectivity index (χ0n) is 11.7. The second-order valence-electron chi connectivity index (χ2n) is 4.85. The monoisotopic (exact) mass is 312 g/mol. The lowest BCUT2D eigenvalue weighted by Gasteiger charge is -2.13. The van der Waals surface area contributed by atoms with E-state index in [9.17, 15) is 13.2 Å². The second kappa shape index (κ2) is 6.12. The van der Waals surface area contributed by atoms with Crippen LogP contribution in [0.25, 0.3) is 0 Å². The fourth-order valence-electron chi connectivity index (χ4n) is 1.97. The Kier molecular flexibility index (Phi) is 4.64. The van der Waals surface area contributed by atoms with E-state index in [2.05, 4.69) is 0 Å². The first-order valence-electron chi connectivity index (χ1n) is 6.37. The summed E-state index contributed by atoms with van der Waals surface area (Å²) >= 11 is 1.30. The Bertz CT molecular complexity index is 650. The van der Waals surface area contributed by atoms with Crippen LogP contribution in [0.4, 0.5) is 13.2 Å². The number of rotatable bonds is 3. The largest absolute Gasteiger partial charge is 0.416 e. The number of alkyl halides is 3. The molecule has 0 heterocycles. The van der Waals surface area contributed by atoms with Crippen LogP contribution < -0.4 is 0 Å². The zero-order valence-corrected chi connectivity index (χ0v) is 12.5. The summed E-state index contributed by atoms with van der Waals surface area (Å²) in [6.45, 7) is 3.25. The van der Waals surface area contributed by atoms with Gasteiger partial charge in [0, 0.05) is 9.79 Å². The molecule has 1 nitrogen and oxygen atoms in total. The van der Waals surface area contributed by atoms with Crippen LogP contribution in [0, 0.1) is 13.8 Å². The van der Waals surface area contributed by atoms with Gasteiger partial charge in [0.2, 0.25) is 0 Å². The van der Waals surface area contributed by atoms with Crippen molar-refractivity contribution in [2.24, 2.45) is 0 Å². The average Bonchev–Trinajstić information content (AvgIpc) is 2.42. The van der Waals surface area contributed by atoms with Crippen LogP contribution in [-0.4, -0.2) is 5.11 Å². The first-order chi connectivity index (χ1) is 9.81. The highest BCUT2D eigenvalue weighted by Crippen LogP contribution is 2.37. The number of halogens is 3. The number of benzene rings is 2. The number of hydrogen-bond donors (Lipinski definition) is 1. The molecule has 1 N–H and O–H groups in total. The van der Waals surface area contributed by atoms with E-state index in [0.29, 0.717) is 4.90 Å². The molecule has 0 saturated heterocycles. The fourth-order valence-corrected chi connectivity index (χ4v) is 3.01. The summed E-state index contributed by atoms with van der Waals surface area (Å²) < 4.78 is 38.9. The molecule has 0 radical (unpaired) electrons. The molecule has 0 amide bonds. The molecule has 0 aliphatic rings. The highest BCUT2D eigenvalue weighted by molar-refractivity contribution is 7.99. The number of aliphatic hydroxyl groups is 1.